The fourth-order valence-electron chi connectivity index (χ4n) is 4.69. The standard InChI is InChI=1S/C28H25IN2O5/c29-22-17-31(27(34)30-26(22)33)25-16-23(32)24(36-25)18-35-28(19-10-4-1-5-11-19,20-12-6-2-7-13-20)21-14-8-3-9-15-21/h1-15,17,23-25,32H,16,18H2,(H,30,33,34)/t23-,24+,25+/m0/s1. The SMILES string of the molecule is O=c1[nH]c(=O)n([C@H]2C[C@H](O)[C@@H](COC(c3ccccc3)(c3ccccc3)c3ccccc3)O2)cc1I. The van der Waals surface area contributed by atoms with Gasteiger partial charge < -0.3 is 14.6 Å². The first-order valence-corrected chi connectivity index (χ1v) is 12.7. The molecule has 3 atom stereocenters. The number of halogens is 1. The zero-order valence-corrected chi connectivity index (χ0v) is 21.4. The molecular weight excluding hydrogens is 571 g/mol. The minimum absolute atomic E-state index is 0.0749. The molecule has 0 amide bonds. The minimum Gasteiger partial charge on any atom is -0.390 e. The van der Waals surface area contributed by atoms with Crippen LogP contribution in [0.15, 0.2) is 107 Å². The van der Waals surface area contributed by atoms with Gasteiger partial charge in [-0.05, 0) is 39.3 Å². The first-order valence-electron chi connectivity index (χ1n) is 11.6. The predicted octanol–water partition coefficient (Wildman–Crippen LogP) is 3.80. The number of H-pyrrole nitrogens is 1. The lowest BCUT2D eigenvalue weighted by Gasteiger charge is -2.37. The third-order valence-electron chi connectivity index (χ3n) is 6.44. The molecule has 7 nitrogen and oxygen atoms in total. The monoisotopic (exact) mass is 596 g/mol. The summed E-state index contributed by atoms with van der Waals surface area (Å²) in [6.45, 7) is 0.0749. The number of benzene rings is 3. The van der Waals surface area contributed by atoms with Crippen LogP contribution in [0.25, 0.3) is 0 Å². The van der Waals surface area contributed by atoms with Crippen molar-refractivity contribution < 1.29 is 14.6 Å². The van der Waals surface area contributed by atoms with Crippen molar-refractivity contribution in [3.8, 4) is 0 Å². The lowest BCUT2D eigenvalue weighted by atomic mass is 9.80. The minimum atomic E-state index is -0.949. The van der Waals surface area contributed by atoms with Crippen LogP contribution in [0.4, 0.5) is 0 Å². The number of hydrogen-bond donors (Lipinski definition) is 2. The second-order valence-electron chi connectivity index (χ2n) is 8.67. The number of aliphatic hydroxyl groups excluding tert-OH is 1. The molecule has 4 aromatic rings. The Bertz CT molecular complexity index is 1330. The second-order valence-corrected chi connectivity index (χ2v) is 9.83. The first kappa shape index (κ1) is 24.6. The van der Waals surface area contributed by atoms with Crippen molar-refractivity contribution >= 4 is 22.6 Å². The van der Waals surface area contributed by atoms with E-state index in [0.717, 1.165) is 16.7 Å². The summed E-state index contributed by atoms with van der Waals surface area (Å²) in [6.07, 6.45) is -0.602. The normalized spacial score (nSPS) is 19.9. The molecule has 8 heteroatoms. The first-order chi connectivity index (χ1) is 17.5. The molecule has 5 rings (SSSR count). The van der Waals surface area contributed by atoms with Crippen LogP contribution >= 0.6 is 22.6 Å². The summed E-state index contributed by atoms with van der Waals surface area (Å²) in [6, 6.07) is 29.9. The largest absolute Gasteiger partial charge is 0.390 e. The van der Waals surface area contributed by atoms with Crippen LogP contribution in [0.5, 0.6) is 0 Å². The summed E-state index contributed by atoms with van der Waals surface area (Å²) in [5, 5.41) is 10.8. The van der Waals surface area contributed by atoms with E-state index in [1.54, 1.807) is 0 Å². The van der Waals surface area contributed by atoms with Crippen LogP contribution in [0.1, 0.15) is 29.3 Å². The number of hydrogen-bond acceptors (Lipinski definition) is 5. The van der Waals surface area contributed by atoms with Gasteiger partial charge in [-0.1, -0.05) is 91.0 Å². The van der Waals surface area contributed by atoms with E-state index in [1.807, 2.05) is 114 Å². The molecule has 2 N–H and O–H groups in total. The summed E-state index contributed by atoms with van der Waals surface area (Å²) in [5.74, 6) is 0. The molecule has 1 saturated heterocycles. The Hall–Kier alpha value is -3.05. The van der Waals surface area contributed by atoms with Gasteiger partial charge in [-0.25, -0.2) is 4.79 Å². The molecule has 184 valence electrons. The van der Waals surface area contributed by atoms with Crippen molar-refractivity contribution in [2.45, 2.75) is 30.5 Å². The topological polar surface area (TPSA) is 93.6 Å². The van der Waals surface area contributed by atoms with Gasteiger partial charge in [0.15, 0.2) is 0 Å². The third-order valence-corrected chi connectivity index (χ3v) is 7.21. The van der Waals surface area contributed by atoms with E-state index < -0.39 is 35.3 Å². The number of aromatic amines is 1. The molecule has 0 radical (unpaired) electrons. The van der Waals surface area contributed by atoms with Gasteiger partial charge in [-0.2, -0.15) is 0 Å². The number of nitrogens with zero attached hydrogens (tertiary/aromatic N) is 1. The van der Waals surface area contributed by atoms with E-state index in [-0.39, 0.29) is 13.0 Å². The number of nitrogens with one attached hydrogen (secondary N) is 1. The molecule has 36 heavy (non-hydrogen) atoms. The molecule has 1 fully saturated rings. The fourth-order valence-corrected chi connectivity index (χ4v) is 5.12. The van der Waals surface area contributed by atoms with Gasteiger partial charge in [0.2, 0.25) is 0 Å². The van der Waals surface area contributed by atoms with Crippen molar-refractivity contribution in [2.75, 3.05) is 6.61 Å². The molecule has 3 aromatic carbocycles. The highest BCUT2D eigenvalue weighted by Gasteiger charge is 2.41. The fraction of sp³-hybridized carbons (Fsp3) is 0.214. The Kier molecular flexibility index (Phi) is 7.20. The van der Waals surface area contributed by atoms with Crippen LogP contribution in [-0.2, 0) is 15.1 Å². The Morgan fingerprint density at radius 3 is 1.92 bits per heavy atom. The van der Waals surface area contributed by atoms with Crippen molar-refractivity contribution in [3.63, 3.8) is 0 Å². The zero-order chi connectivity index (χ0) is 25.1. The zero-order valence-electron chi connectivity index (χ0n) is 19.3. The lowest BCUT2D eigenvalue weighted by molar-refractivity contribution is -0.0944. The Morgan fingerprint density at radius 2 is 1.42 bits per heavy atom. The van der Waals surface area contributed by atoms with Gasteiger partial charge in [-0.3, -0.25) is 14.3 Å². The van der Waals surface area contributed by atoms with Crippen LogP contribution in [0.2, 0.25) is 0 Å². The predicted molar refractivity (Wildman–Crippen MR) is 144 cm³/mol. The van der Waals surface area contributed by atoms with E-state index in [1.165, 1.54) is 10.8 Å². The summed E-state index contributed by atoms with van der Waals surface area (Å²) in [4.78, 5) is 26.4. The van der Waals surface area contributed by atoms with Gasteiger partial charge in [0.05, 0.1) is 16.3 Å². The Morgan fingerprint density at radius 1 is 0.917 bits per heavy atom. The Balaban J connectivity index is 1.50. The maximum Gasteiger partial charge on any atom is 0.330 e. The van der Waals surface area contributed by atoms with Crippen molar-refractivity contribution in [1.29, 1.82) is 0 Å². The van der Waals surface area contributed by atoms with Crippen LogP contribution in [-0.4, -0.2) is 33.5 Å². The smallest absolute Gasteiger partial charge is 0.330 e. The Labute approximate surface area is 221 Å². The van der Waals surface area contributed by atoms with Crippen LogP contribution in [0.3, 0.4) is 0 Å². The van der Waals surface area contributed by atoms with E-state index in [4.69, 9.17) is 9.47 Å². The maximum absolute atomic E-state index is 12.4. The third kappa shape index (κ3) is 4.69. The van der Waals surface area contributed by atoms with Gasteiger partial charge in [-0.15, -0.1) is 0 Å². The molecule has 2 heterocycles. The molecular formula is C28H25IN2O5. The van der Waals surface area contributed by atoms with Gasteiger partial charge in [0.1, 0.15) is 17.9 Å². The van der Waals surface area contributed by atoms with E-state index >= 15 is 0 Å². The average Bonchev–Trinajstić information content (AvgIpc) is 3.28. The second kappa shape index (κ2) is 10.5. The number of aliphatic hydroxyl groups is 1. The molecule has 0 spiro atoms. The highest BCUT2D eigenvalue weighted by molar-refractivity contribution is 14.1. The number of aromatic nitrogens is 2. The van der Waals surface area contributed by atoms with E-state index in [9.17, 15) is 14.7 Å². The van der Waals surface area contributed by atoms with E-state index in [2.05, 4.69) is 4.98 Å². The lowest BCUT2D eigenvalue weighted by Crippen LogP contribution is -2.38. The van der Waals surface area contributed by atoms with Gasteiger partial charge in [0.25, 0.3) is 5.56 Å². The van der Waals surface area contributed by atoms with Crippen molar-refractivity contribution in [2.24, 2.45) is 0 Å². The molecule has 1 aromatic heterocycles. The average molecular weight is 596 g/mol. The van der Waals surface area contributed by atoms with Crippen LogP contribution in [0, 0.1) is 3.57 Å². The molecule has 1 aliphatic rings. The molecule has 0 unspecified atom stereocenters. The summed E-state index contributed by atoms with van der Waals surface area (Å²) >= 11 is 1.86. The number of ether oxygens (including phenoxy) is 2. The summed E-state index contributed by atoms with van der Waals surface area (Å²) in [7, 11) is 0. The molecule has 1 aliphatic heterocycles. The highest BCUT2D eigenvalue weighted by Crippen LogP contribution is 2.41. The van der Waals surface area contributed by atoms with Crippen LogP contribution < -0.4 is 11.2 Å². The quantitative estimate of drug-likeness (QED) is 0.250. The van der Waals surface area contributed by atoms with Crippen molar-refractivity contribution in [1.82, 2.24) is 9.55 Å². The highest BCUT2D eigenvalue weighted by atomic mass is 127. The molecule has 0 saturated carbocycles. The molecule has 0 aliphatic carbocycles. The van der Waals surface area contributed by atoms with Gasteiger partial charge in [0, 0.05) is 12.6 Å². The molecule has 0 bridgehead atoms. The maximum atomic E-state index is 12.4. The summed E-state index contributed by atoms with van der Waals surface area (Å²) < 4.78 is 14.5. The van der Waals surface area contributed by atoms with Gasteiger partial charge >= 0.3 is 5.69 Å². The number of rotatable bonds is 7. The van der Waals surface area contributed by atoms with Crippen molar-refractivity contribution in [3.05, 3.63) is 138 Å². The summed E-state index contributed by atoms with van der Waals surface area (Å²) in [5.41, 5.74) is 0.850. The van der Waals surface area contributed by atoms with E-state index in [0.29, 0.717) is 3.57 Å².